The van der Waals surface area contributed by atoms with Gasteiger partial charge in [-0.1, -0.05) is 0 Å². The van der Waals surface area contributed by atoms with E-state index < -0.39 is 5.97 Å². The molecule has 0 aromatic rings. The molecule has 2 rings (SSSR count). The van der Waals surface area contributed by atoms with Gasteiger partial charge in [-0.05, 0) is 44.7 Å². The highest BCUT2D eigenvalue weighted by molar-refractivity contribution is 5.78. The van der Waals surface area contributed by atoms with Gasteiger partial charge < -0.3 is 20.5 Å². The topological polar surface area (TPSA) is 87.7 Å². The minimum absolute atomic E-state index is 0.00373. The zero-order valence-electron chi connectivity index (χ0n) is 11.1. The summed E-state index contributed by atoms with van der Waals surface area (Å²) in [7, 11) is 0. The number of carboxylic acid groups (broad SMARTS) is 1. The number of nitrogens with one attached hydrogen (secondary N) is 2. The molecule has 0 spiro atoms. The van der Waals surface area contributed by atoms with Gasteiger partial charge in [0.15, 0.2) is 0 Å². The minimum Gasteiger partial charge on any atom is -0.481 e. The van der Waals surface area contributed by atoms with Crippen LogP contribution in [0, 0.1) is 5.92 Å². The summed E-state index contributed by atoms with van der Waals surface area (Å²) in [6.45, 7) is 1.89. The van der Waals surface area contributed by atoms with Crippen molar-refractivity contribution < 1.29 is 19.4 Å². The number of hydrogen-bond donors (Lipinski definition) is 3. The van der Waals surface area contributed by atoms with Crippen LogP contribution >= 0.6 is 0 Å². The Hall–Kier alpha value is -1.14. The summed E-state index contributed by atoms with van der Waals surface area (Å²) in [6.07, 6.45) is 4.01. The average molecular weight is 270 g/mol. The number of aliphatic carboxylic acids is 1. The van der Waals surface area contributed by atoms with Crippen molar-refractivity contribution in [2.75, 3.05) is 19.7 Å². The molecular weight excluding hydrogens is 248 g/mol. The third kappa shape index (κ3) is 5.16. The third-order valence-electron chi connectivity index (χ3n) is 3.67. The second-order valence-electron chi connectivity index (χ2n) is 5.37. The molecule has 1 heterocycles. The van der Waals surface area contributed by atoms with Crippen molar-refractivity contribution in [2.45, 2.75) is 44.2 Å². The van der Waals surface area contributed by atoms with E-state index in [1.54, 1.807) is 0 Å². The molecule has 1 saturated carbocycles. The molecule has 1 aliphatic carbocycles. The van der Waals surface area contributed by atoms with Crippen molar-refractivity contribution >= 4 is 11.9 Å². The van der Waals surface area contributed by atoms with Crippen LogP contribution in [0.4, 0.5) is 0 Å². The first-order chi connectivity index (χ1) is 9.15. The molecule has 2 aliphatic rings. The van der Waals surface area contributed by atoms with Gasteiger partial charge in [0.2, 0.25) is 5.91 Å². The molecule has 6 nitrogen and oxygen atoms in total. The van der Waals surface area contributed by atoms with Crippen molar-refractivity contribution in [1.82, 2.24) is 10.6 Å². The lowest BCUT2D eigenvalue weighted by Gasteiger charge is -2.23. The molecule has 19 heavy (non-hydrogen) atoms. The van der Waals surface area contributed by atoms with Crippen LogP contribution in [0.2, 0.25) is 0 Å². The Labute approximate surface area is 112 Å². The summed E-state index contributed by atoms with van der Waals surface area (Å²) in [5.41, 5.74) is 0. The van der Waals surface area contributed by atoms with Crippen LogP contribution in [0.1, 0.15) is 32.1 Å². The zero-order valence-corrected chi connectivity index (χ0v) is 11.1. The van der Waals surface area contributed by atoms with E-state index in [1.807, 2.05) is 0 Å². The largest absolute Gasteiger partial charge is 0.481 e. The van der Waals surface area contributed by atoms with Crippen molar-refractivity contribution in [2.24, 2.45) is 5.92 Å². The molecule has 108 valence electrons. The zero-order chi connectivity index (χ0) is 13.7. The first-order valence-corrected chi connectivity index (χ1v) is 6.98. The van der Waals surface area contributed by atoms with Gasteiger partial charge in [-0.25, -0.2) is 0 Å². The van der Waals surface area contributed by atoms with Gasteiger partial charge in [-0.15, -0.1) is 0 Å². The molecule has 1 atom stereocenters. The minimum atomic E-state index is -0.864. The van der Waals surface area contributed by atoms with E-state index in [2.05, 4.69) is 10.6 Å². The first-order valence-electron chi connectivity index (χ1n) is 6.98. The van der Waals surface area contributed by atoms with Gasteiger partial charge in [0, 0.05) is 6.04 Å². The molecule has 1 saturated heterocycles. The van der Waals surface area contributed by atoms with Crippen LogP contribution in [0.15, 0.2) is 0 Å². The first kappa shape index (κ1) is 14.3. The van der Waals surface area contributed by atoms with Crippen molar-refractivity contribution in [3.63, 3.8) is 0 Å². The van der Waals surface area contributed by atoms with Crippen molar-refractivity contribution in [3.8, 4) is 0 Å². The summed E-state index contributed by atoms with van der Waals surface area (Å²) in [6, 6.07) is -0.235. The molecule has 3 N–H and O–H groups in total. The van der Waals surface area contributed by atoms with Crippen LogP contribution in [-0.4, -0.2) is 48.8 Å². The van der Waals surface area contributed by atoms with E-state index in [-0.39, 0.29) is 31.1 Å². The number of carbonyl (C=O) groups is 2. The van der Waals surface area contributed by atoms with Gasteiger partial charge in [-0.2, -0.15) is 0 Å². The highest BCUT2D eigenvalue weighted by atomic mass is 16.5. The molecule has 0 bridgehead atoms. The molecule has 2 fully saturated rings. The normalized spacial score (nSPS) is 21.9. The standard InChI is InChI=1S/C13H22N2O4/c16-12(8-19-10-3-5-14-6-4-10)15-11(7-13(17)18)9-1-2-9/h9-11,14H,1-8H2,(H,15,16)(H,17,18). The number of amides is 1. The summed E-state index contributed by atoms with van der Waals surface area (Å²) in [5, 5.41) is 14.8. The van der Waals surface area contributed by atoms with Gasteiger partial charge in [0.05, 0.1) is 12.5 Å². The van der Waals surface area contributed by atoms with Crippen LogP contribution < -0.4 is 10.6 Å². The monoisotopic (exact) mass is 270 g/mol. The summed E-state index contributed by atoms with van der Waals surface area (Å²) in [4.78, 5) is 22.5. The van der Waals surface area contributed by atoms with Crippen LogP contribution in [0.5, 0.6) is 0 Å². The van der Waals surface area contributed by atoms with Gasteiger partial charge in [0.25, 0.3) is 0 Å². The van der Waals surface area contributed by atoms with E-state index in [1.165, 1.54) is 0 Å². The number of ether oxygens (including phenoxy) is 1. The van der Waals surface area contributed by atoms with Crippen molar-refractivity contribution in [1.29, 1.82) is 0 Å². The fourth-order valence-corrected chi connectivity index (χ4v) is 2.43. The smallest absolute Gasteiger partial charge is 0.305 e. The van der Waals surface area contributed by atoms with Crippen LogP contribution in [0.3, 0.4) is 0 Å². The van der Waals surface area contributed by atoms with Crippen LogP contribution in [-0.2, 0) is 14.3 Å². The summed E-state index contributed by atoms with van der Waals surface area (Å²) < 4.78 is 5.55. The average Bonchev–Trinajstić information content (AvgIpc) is 3.20. The van der Waals surface area contributed by atoms with E-state index in [9.17, 15) is 9.59 Å². The predicted molar refractivity (Wildman–Crippen MR) is 68.8 cm³/mol. The molecular formula is C13H22N2O4. The third-order valence-corrected chi connectivity index (χ3v) is 3.67. The van der Waals surface area contributed by atoms with Crippen LogP contribution in [0.25, 0.3) is 0 Å². The molecule has 6 heteroatoms. The lowest BCUT2D eigenvalue weighted by atomic mass is 10.1. The Balaban J connectivity index is 1.68. The van der Waals surface area contributed by atoms with E-state index in [0.717, 1.165) is 38.8 Å². The molecule has 0 aromatic heterocycles. The molecule has 0 aromatic carbocycles. The Morgan fingerprint density at radius 3 is 2.53 bits per heavy atom. The van der Waals surface area contributed by atoms with E-state index in [0.29, 0.717) is 5.92 Å². The quantitative estimate of drug-likeness (QED) is 0.612. The fraction of sp³-hybridized carbons (Fsp3) is 0.846. The number of piperidine rings is 1. The van der Waals surface area contributed by atoms with E-state index in [4.69, 9.17) is 9.84 Å². The summed E-state index contributed by atoms with van der Waals surface area (Å²) >= 11 is 0. The van der Waals surface area contributed by atoms with Crippen molar-refractivity contribution in [3.05, 3.63) is 0 Å². The molecule has 1 aliphatic heterocycles. The Morgan fingerprint density at radius 1 is 1.26 bits per heavy atom. The lowest BCUT2D eigenvalue weighted by molar-refractivity contribution is -0.138. The number of carboxylic acids is 1. The van der Waals surface area contributed by atoms with E-state index >= 15 is 0 Å². The summed E-state index contributed by atoms with van der Waals surface area (Å²) in [5.74, 6) is -0.730. The number of hydrogen-bond acceptors (Lipinski definition) is 4. The lowest BCUT2D eigenvalue weighted by Crippen LogP contribution is -2.41. The highest BCUT2D eigenvalue weighted by Crippen LogP contribution is 2.34. The van der Waals surface area contributed by atoms with Gasteiger partial charge in [0.1, 0.15) is 6.61 Å². The maximum atomic E-state index is 11.8. The maximum Gasteiger partial charge on any atom is 0.305 e. The molecule has 1 unspecified atom stereocenters. The Morgan fingerprint density at radius 2 is 1.95 bits per heavy atom. The number of rotatable bonds is 7. The second kappa shape index (κ2) is 6.86. The number of carbonyl (C=O) groups excluding carboxylic acids is 1. The SMILES string of the molecule is O=C(O)CC(NC(=O)COC1CCNCC1)C1CC1. The molecule has 1 amide bonds. The second-order valence-corrected chi connectivity index (χ2v) is 5.37. The maximum absolute atomic E-state index is 11.8. The van der Waals surface area contributed by atoms with Gasteiger partial charge in [-0.3, -0.25) is 9.59 Å². The Bertz CT molecular complexity index is 325. The Kier molecular flexibility index (Phi) is 5.15. The predicted octanol–water partition coefficient (Wildman–Crippen LogP) is 0.125. The highest BCUT2D eigenvalue weighted by Gasteiger charge is 2.33. The van der Waals surface area contributed by atoms with Gasteiger partial charge >= 0.3 is 5.97 Å². The molecule has 0 radical (unpaired) electrons. The fourth-order valence-electron chi connectivity index (χ4n) is 2.43.